The summed E-state index contributed by atoms with van der Waals surface area (Å²) in [6, 6.07) is 9.88. The van der Waals surface area contributed by atoms with Gasteiger partial charge in [0.25, 0.3) is 0 Å². The molecular formula is C12H14N2. The molecular weight excluding hydrogens is 172 g/mol. The Morgan fingerprint density at radius 3 is 2.36 bits per heavy atom. The molecule has 2 nitrogen and oxygen atoms in total. The van der Waals surface area contributed by atoms with Crippen molar-refractivity contribution in [3.8, 4) is 6.07 Å². The van der Waals surface area contributed by atoms with Gasteiger partial charge in [0, 0.05) is 11.8 Å². The molecule has 1 rings (SSSR count). The van der Waals surface area contributed by atoms with Crippen molar-refractivity contribution in [2.24, 2.45) is 5.73 Å². The molecule has 14 heavy (non-hydrogen) atoms. The number of nitrogens with zero attached hydrogens (tertiary/aromatic N) is 1. The van der Waals surface area contributed by atoms with Gasteiger partial charge in [-0.3, -0.25) is 0 Å². The van der Waals surface area contributed by atoms with E-state index in [1.807, 2.05) is 30.3 Å². The molecule has 1 aromatic carbocycles. The number of allylic oxidation sites excluding steroid dienone is 1. The summed E-state index contributed by atoms with van der Waals surface area (Å²) in [6.07, 6.45) is 1.35. The van der Waals surface area contributed by atoms with Gasteiger partial charge in [-0.2, -0.15) is 5.26 Å². The van der Waals surface area contributed by atoms with Crippen LogP contribution in [0.15, 0.2) is 30.3 Å². The summed E-state index contributed by atoms with van der Waals surface area (Å²) in [6.45, 7) is 4.28. The fourth-order valence-corrected chi connectivity index (χ4v) is 1.21. The lowest BCUT2D eigenvalue weighted by molar-refractivity contribution is 0.866. The van der Waals surface area contributed by atoms with Crippen LogP contribution in [0, 0.1) is 11.3 Å². The summed E-state index contributed by atoms with van der Waals surface area (Å²) in [4.78, 5) is 0. The number of hydrogen-bond donors (Lipinski definition) is 1. The molecule has 2 N–H and O–H groups in total. The summed E-state index contributed by atoms with van der Waals surface area (Å²) < 4.78 is 0. The Kier molecular flexibility index (Phi) is 3.30. The molecule has 0 saturated carbocycles. The minimum absolute atomic E-state index is 0.516. The fraction of sp³-hybridized carbons (Fsp3) is 0.250. The molecule has 0 aliphatic heterocycles. The van der Waals surface area contributed by atoms with Crippen LogP contribution in [0.1, 0.15) is 30.9 Å². The highest BCUT2D eigenvalue weighted by atomic mass is 14.6. The highest BCUT2D eigenvalue weighted by Crippen LogP contribution is 2.16. The van der Waals surface area contributed by atoms with Gasteiger partial charge in [-0.1, -0.05) is 38.1 Å². The normalized spacial score (nSPS) is 11.4. The van der Waals surface area contributed by atoms with Crippen LogP contribution >= 0.6 is 0 Å². The predicted octanol–water partition coefficient (Wildman–Crippen LogP) is 2.63. The lowest BCUT2D eigenvalue weighted by Crippen LogP contribution is -1.96. The summed E-state index contributed by atoms with van der Waals surface area (Å²) >= 11 is 0. The fourth-order valence-electron chi connectivity index (χ4n) is 1.21. The lowest BCUT2D eigenvalue weighted by atomic mass is 10.0. The third kappa shape index (κ3) is 2.37. The average molecular weight is 186 g/mol. The average Bonchev–Trinajstić information content (AvgIpc) is 2.18. The number of benzene rings is 1. The second-order valence-electron chi connectivity index (χ2n) is 3.51. The van der Waals surface area contributed by atoms with Gasteiger partial charge in [0.05, 0.1) is 6.07 Å². The van der Waals surface area contributed by atoms with Gasteiger partial charge in [0.1, 0.15) is 0 Å². The first kappa shape index (κ1) is 10.3. The number of rotatable bonds is 2. The highest BCUT2D eigenvalue weighted by Gasteiger charge is 1.99. The minimum Gasteiger partial charge on any atom is -0.398 e. The molecule has 0 saturated heterocycles. The zero-order chi connectivity index (χ0) is 10.6. The molecule has 0 radical (unpaired) electrons. The van der Waals surface area contributed by atoms with Crippen LogP contribution in [0.2, 0.25) is 0 Å². The van der Waals surface area contributed by atoms with Crippen molar-refractivity contribution in [1.29, 1.82) is 5.26 Å². The van der Waals surface area contributed by atoms with Crippen molar-refractivity contribution in [2.45, 2.75) is 19.8 Å². The second-order valence-corrected chi connectivity index (χ2v) is 3.51. The van der Waals surface area contributed by atoms with Crippen molar-refractivity contribution < 1.29 is 0 Å². The molecule has 0 spiro atoms. The summed E-state index contributed by atoms with van der Waals surface area (Å²) in [5.74, 6) is 0.519. The van der Waals surface area contributed by atoms with E-state index in [9.17, 15) is 0 Å². The summed E-state index contributed by atoms with van der Waals surface area (Å²) in [7, 11) is 0. The van der Waals surface area contributed by atoms with E-state index in [-0.39, 0.29) is 0 Å². The topological polar surface area (TPSA) is 49.8 Å². The van der Waals surface area contributed by atoms with Gasteiger partial charge < -0.3 is 5.73 Å². The molecule has 0 aromatic heterocycles. The van der Waals surface area contributed by atoms with Crippen molar-refractivity contribution in [1.82, 2.24) is 0 Å². The molecule has 0 unspecified atom stereocenters. The van der Waals surface area contributed by atoms with E-state index in [0.29, 0.717) is 11.6 Å². The van der Waals surface area contributed by atoms with Gasteiger partial charge in [0.15, 0.2) is 0 Å². The van der Waals surface area contributed by atoms with Gasteiger partial charge in [-0.25, -0.2) is 0 Å². The maximum Gasteiger partial charge on any atom is 0.0933 e. The summed E-state index contributed by atoms with van der Waals surface area (Å²) in [5, 5.41) is 8.43. The van der Waals surface area contributed by atoms with E-state index < -0.39 is 0 Å². The zero-order valence-corrected chi connectivity index (χ0v) is 8.49. The van der Waals surface area contributed by atoms with Gasteiger partial charge in [0.2, 0.25) is 0 Å². The Morgan fingerprint density at radius 2 is 1.93 bits per heavy atom. The predicted molar refractivity (Wildman–Crippen MR) is 58.3 cm³/mol. The van der Waals surface area contributed by atoms with E-state index in [1.165, 1.54) is 11.6 Å². The Morgan fingerprint density at radius 1 is 1.36 bits per heavy atom. The standard InChI is InChI=1S/C12H14N2/c1-9(2)10-3-5-11(6-4-10)12(14)7-8-13/h3-7,9H,14H2,1-2H3. The van der Waals surface area contributed by atoms with E-state index >= 15 is 0 Å². The van der Waals surface area contributed by atoms with Gasteiger partial charge >= 0.3 is 0 Å². The van der Waals surface area contributed by atoms with Crippen molar-refractivity contribution in [2.75, 3.05) is 0 Å². The molecule has 1 aromatic rings. The van der Waals surface area contributed by atoms with Crippen molar-refractivity contribution >= 4 is 5.70 Å². The molecule has 0 amide bonds. The zero-order valence-electron chi connectivity index (χ0n) is 8.49. The Labute approximate surface area is 84.7 Å². The first-order valence-electron chi connectivity index (χ1n) is 4.60. The van der Waals surface area contributed by atoms with E-state index in [0.717, 1.165) is 5.56 Å². The third-order valence-electron chi connectivity index (χ3n) is 2.13. The van der Waals surface area contributed by atoms with Crippen LogP contribution in [0.3, 0.4) is 0 Å². The Bertz CT molecular complexity index is 366. The molecule has 0 bridgehead atoms. The van der Waals surface area contributed by atoms with Crippen molar-refractivity contribution in [3.63, 3.8) is 0 Å². The highest BCUT2D eigenvalue weighted by molar-refractivity contribution is 5.64. The molecule has 0 atom stereocenters. The Hall–Kier alpha value is -1.75. The molecule has 0 fully saturated rings. The molecule has 0 heterocycles. The van der Waals surface area contributed by atoms with Crippen LogP contribution < -0.4 is 5.73 Å². The monoisotopic (exact) mass is 186 g/mol. The first-order valence-corrected chi connectivity index (χ1v) is 4.60. The maximum absolute atomic E-state index is 8.43. The number of nitriles is 1. The largest absolute Gasteiger partial charge is 0.398 e. The first-order chi connectivity index (χ1) is 6.65. The smallest absolute Gasteiger partial charge is 0.0933 e. The van der Waals surface area contributed by atoms with E-state index in [4.69, 9.17) is 11.0 Å². The number of hydrogen-bond acceptors (Lipinski definition) is 2. The third-order valence-corrected chi connectivity index (χ3v) is 2.13. The van der Waals surface area contributed by atoms with Crippen LogP contribution in [0.25, 0.3) is 5.70 Å². The van der Waals surface area contributed by atoms with Crippen LogP contribution in [-0.2, 0) is 0 Å². The van der Waals surface area contributed by atoms with Crippen molar-refractivity contribution in [3.05, 3.63) is 41.5 Å². The maximum atomic E-state index is 8.43. The Balaban J connectivity index is 2.95. The molecule has 72 valence electrons. The quantitative estimate of drug-likeness (QED) is 0.722. The van der Waals surface area contributed by atoms with Crippen LogP contribution in [-0.4, -0.2) is 0 Å². The van der Waals surface area contributed by atoms with Crippen LogP contribution in [0.5, 0.6) is 0 Å². The van der Waals surface area contributed by atoms with Crippen LogP contribution in [0.4, 0.5) is 0 Å². The minimum atomic E-state index is 0.516. The van der Waals surface area contributed by atoms with Gasteiger partial charge in [-0.05, 0) is 17.0 Å². The van der Waals surface area contributed by atoms with E-state index in [2.05, 4.69) is 13.8 Å². The number of nitrogens with two attached hydrogens (primary N) is 1. The van der Waals surface area contributed by atoms with E-state index in [1.54, 1.807) is 0 Å². The SMILES string of the molecule is CC(C)c1ccc(C(N)=CC#N)cc1. The second kappa shape index (κ2) is 4.48. The molecule has 0 aliphatic rings. The lowest BCUT2D eigenvalue weighted by Gasteiger charge is -2.06. The molecule has 2 heteroatoms. The summed E-state index contributed by atoms with van der Waals surface area (Å²) in [5.41, 5.74) is 8.36. The molecule has 0 aliphatic carbocycles. The van der Waals surface area contributed by atoms with Gasteiger partial charge in [-0.15, -0.1) is 0 Å².